The van der Waals surface area contributed by atoms with Gasteiger partial charge in [-0.25, -0.2) is 4.57 Å². The number of hydrogen-bond acceptors (Lipinski definition) is 9. The summed E-state index contributed by atoms with van der Waals surface area (Å²) in [7, 11) is -4.72. The van der Waals surface area contributed by atoms with E-state index in [9.17, 15) is 23.8 Å². The summed E-state index contributed by atoms with van der Waals surface area (Å²) in [5.41, 5.74) is 5.31. The predicted molar refractivity (Wildman–Crippen MR) is 212 cm³/mol. The Morgan fingerprint density at radius 3 is 1.60 bits per heavy atom. The van der Waals surface area contributed by atoms with Crippen molar-refractivity contribution < 1.29 is 47.5 Å². The van der Waals surface area contributed by atoms with Gasteiger partial charge in [0, 0.05) is 12.8 Å². The van der Waals surface area contributed by atoms with Crippen LogP contribution in [0.15, 0.2) is 48.6 Å². The molecule has 0 aliphatic rings. The zero-order valence-corrected chi connectivity index (χ0v) is 33.7. The molecule has 0 heterocycles. The van der Waals surface area contributed by atoms with E-state index in [1.54, 1.807) is 0 Å². The number of hydrogen-bond donors (Lipinski definition) is 3. The lowest BCUT2D eigenvalue weighted by molar-refractivity contribution is -0.161. The van der Waals surface area contributed by atoms with Gasteiger partial charge in [0.2, 0.25) is 0 Å². The summed E-state index contributed by atoms with van der Waals surface area (Å²) >= 11 is 0. The second kappa shape index (κ2) is 36.4. The van der Waals surface area contributed by atoms with Gasteiger partial charge in [-0.15, -0.1) is 0 Å². The van der Waals surface area contributed by atoms with E-state index in [4.69, 9.17) is 24.8 Å². The van der Waals surface area contributed by atoms with Gasteiger partial charge < -0.3 is 25.2 Å². The minimum atomic E-state index is -4.72. The maximum Gasteiger partial charge on any atom is 0.472 e. The molecule has 0 aromatic rings. The highest BCUT2D eigenvalue weighted by Crippen LogP contribution is 2.43. The Bertz CT molecular complexity index is 1090. The van der Waals surface area contributed by atoms with E-state index >= 15 is 0 Å². The van der Waals surface area contributed by atoms with Gasteiger partial charge in [0.1, 0.15) is 12.6 Å². The predicted octanol–water partition coefficient (Wildman–Crippen LogP) is 10.2. The van der Waals surface area contributed by atoms with Crippen LogP contribution >= 0.6 is 7.82 Å². The quantitative estimate of drug-likeness (QED) is 0.0238. The fourth-order valence-corrected chi connectivity index (χ4v) is 5.85. The van der Waals surface area contributed by atoms with Gasteiger partial charge in [-0.1, -0.05) is 127 Å². The first-order valence-electron chi connectivity index (χ1n) is 20.2. The fourth-order valence-electron chi connectivity index (χ4n) is 5.07. The van der Waals surface area contributed by atoms with Crippen LogP contribution in [0.4, 0.5) is 0 Å². The number of unbranched alkanes of at least 4 members (excludes halogenated alkanes) is 15. The van der Waals surface area contributed by atoms with Crippen LogP contribution in [-0.2, 0) is 37.5 Å². The molecule has 1 unspecified atom stereocenters. The Morgan fingerprint density at radius 1 is 0.585 bits per heavy atom. The van der Waals surface area contributed by atoms with E-state index in [-0.39, 0.29) is 19.4 Å². The van der Waals surface area contributed by atoms with Crippen molar-refractivity contribution in [1.29, 1.82) is 0 Å². The van der Waals surface area contributed by atoms with Crippen molar-refractivity contribution in [3.05, 3.63) is 48.6 Å². The van der Waals surface area contributed by atoms with Crippen LogP contribution in [0.3, 0.4) is 0 Å². The number of aliphatic carboxylic acids is 1. The highest BCUT2D eigenvalue weighted by molar-refractivity contribution is 7.47. The summed E-state index contributed by atoms with van der Waals surface area (Å²) in [5.74, 6) is -2.46. The number of carboxylic acid groups (broad SMARTS) is 1. The lowest BCUT2D eigenvalue weighted by Crippen LogP contribution is -2.34. The number of nitrogens with two attached hydrogens (primary N) is 1. The van der Waals surface area contributed by atoms with Crippen LogP contribution in [0, 0.1) is 0 Å². The van der Waals surface area contributed by atoms with Crippen molar-refractivity contribution in [3.8, 4) is 0 Å². The standard InChI is InChI=1S/C41H72NO10P/c1-3-5-7-9-11-13-15-17-18-19-20-21-23-24-26-28-30-32-39(43)49-34-37(35-50-53(47,48)51-36-38(42)41(45)46)52-40(44)33-31-29-27-25-22-16-14-12-10-8-6-4-2/h12,14,17-18,20-21,24,26,37-38H,3-11,13,15-16,19,22-23,25,27-36,42H2,1-2H3,(H,45,46)(H,47,48)/b14-12+,18-17+,21-20+,26-24+/t37-,38+/m0/s1. The normalized spacial score (nSPS) is 14.3. The first kappa shape index (κ1) is 50.4. The number of carboxylic acids is 1. The van der Waals surface area contributed by atoms with Crippen LogP contribution in [0.25, 0.3) is 0 Å². The Labute approximate surface area is 320 Å². The molecule has 0 saturated heterocycles. The molecular formula is C41H72NO10P. The molecule has 11 nitrogen and oxygen atoms in total. The van der Waals surface area contributed by atoms with Gasteiger partial charge in [-0.2, -0.15) is 0 Å². The average molecular weight is 770 g/mol. The zero-order valence-electron chi connectivity index (χ0n) is 32.8. The van der Waals surface area contributed by atoms with Crippen LogP contribution in [-0.4, -0.2) is 59.9 Å². The summed E-state index contributed by atoms with van der Waals surface area (Å²) in [4.78, 5) is 45.8. The third-order valence-electron chi connectivity index (χ3n) is 8.30. The first-order valence-corrected chi connectivity index (χ1v) is 21.7. The van der Waals surface area contributed by atoms with Crippen molar-refractivity contribution in [2.75, 3.05) is 19.8 Å². The van der Waals surface area contributed by atoms with E-state index < -0.39 is 51.1 Å². The molecule has 0 saturated carbocycles. The molecule has 3 atom stereocenters. The number of carbonyl (C=O) groups is 3. The molecule has 0 aliphatic heterocycles. The number of allylic oxidation sites excluding steroid dienone is 8. The van der Waals surface area contributed by atoms with Gasteiger partial charge >= 0.3 is 25.7 Å². The van der Waals surface area contributed by atoms with Gasteiger partial charge in [-0.3, -0.25) is 23.4 Å². The second-order valence-corrected chi connectivity index (χ2v) is 14.9. The van der Waals surface area contributed by atoms with Crippen LogP contribution in [0.1, 0.15) is 162 Å². The third-order valence-corrected chi connectivity index (χ3v) is 9.25. The molecule has 306 valence electrons. The summed E-state index contributed by atoms with van der Waals surface area (Å²) in [6.45, 7) is 2.69. The monoisotopic (exact) mass is 769 g/mol. The Morgan fingerprint density at radius 2 is 1.02 bits per heavy atom. The molecule has 0 rings (SSSR count). The molecule has 0 aromatic carbocycles. The molecule has 12 heteroatoms. The lowest BCUT2D eigenvalue weighted by atomic mass is 10.1. The van der Waals surface area contributed by atoms with Crippen molar-refractivity contribution in [2.24, 2.45) is 5.73 Å². The number of phosphoric ester groups is 1. The van der Waals surface area contributed by atoms with Gasteiger partial charge in [0.15, 0.2) is 6.10 Å². The van der Waals surface area contributed by atoms with Gasteiger partial charge in [0.05, 0.1) is 13.2 Å². The molecule has 0 aliphatic carbocycles. The molecule has 0 radical (unpaired) electrons. The van der Waals surface area contributed by atoms with Crippen molar-refractivity contribution in [2.45, 2.75) is 174 Å². The Kier molecular flexibility index (Phi) is 34.7. The second-order valence-electron chi connectivity index (χ2n) is 13.4. The van der Waals surface area contributed by atoms with Crippen molar-refractivity contribution >= 4 is 25.7 Å². The molecular weight excluding hydrogens is 697 g/mol. The SMILES string of the molecule is CCCCC/C=C/CCCCCCCC(=O)O[C@@H](COC(=O)CCC/C=C/C/C=C/C/C=C/CCCCCCCC)COP(=O)(O)OC[C@@H](N)C(=O)O. The Balaban J connectivity index is 4.50. The average Bonchev–Trinajstić information content (AvgIpc) is 3.13. The van der Waals surface area contributed by atoms with Crippen LogP contribution in [0.2, 0.25) is 0 Å². The van der Waals surface area contributed by atoms with E-state index in [0.29, 0.717) is 19.3 Å². The smallest absolute Gasteiger partial charge is 0.472 e. The van der Waals surface area contributed by atoms with Gasteiger partial charge in [0.25, 0.3) is 0 Å². The molecule has 0 aromatic heterocycles. The van der Waals surface area contributed by atoms with Crippen LogP contribution < -0.4 is 5.73 Å². The third kappa shape index (κ3) is 36.2. The fraction of sp³-hybridized carbons (Fsp3) is 0.732. The molecule has 0 fully saturated rings. The van der Waals surface area contributed by atoms with E-state index in [1.807, 2.05) is 6.08 Å². The summed E-state index contributed by atoms with van der Waals surface area (Å²) in [6.07, 6.45) is 39.0. The topological polar surface area (TPSA) is 172 Å². The minimum Gasteiger partial charge on any atom is -0.480 e. The maximum absolute atomic E-state index is 12.6. The number of phosphoric acid groups is 1. The molecule has 4 N–H and O–H groups in total. The molecule has 0 amide bonds. The largest absolute Gasteiger partial charge is 0.480 e. The highest BCUT2D eigenvalue weighted by atomic mass is 31.2. The molecule has 53 heavy (non-hydrogen) atoms. The molecule has 0 bridgehead atoms. The van der Waals surface area contributed by atoms with Crippen molar-refractivity contribution in [3.63, 3.8) is 0 Å². The minimum absolute atomic E-state index is 0.139. The van der Waals surface area contributed by atoms with Crippen LogP contribution in [0.5, 0.6) is 0 Å². The number of rotatable bonds is 37. The van der Waals surface area contributed by atoms with Crippen molar-refractivity contribution in [1.82, 2.24) is 0 Å². The lowest BCUT2D eigenvalue weighted by Gasteiger charge is -2.20. The summed E-state index contributed by atoms with van der Waals surface area (Å²) in [5, 5.41) is 8.86. The van der Waals surface area contributed by atoms with E-state index in [1.165, 1.54) is 57.8 Å². The zero-order chi connectivity index (χ0) is 39.3. The number of ether oxygens (including phenoxy) is 2. The molecule has 0 spiro atoms. The van der Waals surface area contributed by atoms with Gasteiger partial charge in [-0.05, 0) is 70.6 Å². The highest BCUT2D eigenvalue weighted by Gasteiger charge is 2.28. The first-order chi connectivity index (χ1) is 25.6. The maximum atomic E-state index is 12.6. The summed E-state index contributed by atoms with van der Waals surface area (Å²) < 4.78 is 32.5. The number of carbonyl (C=O) groups excluding carboxylic acids is 2. The van der Waals surface area contributed by atoms with E-state index in [0.717, 1.165) is 57.8 Å². The van der Waals surface area contributed by atoms with E-state index in [2.05, 4.69) is 60.9 Å². The Hall–Kier alpha value is -2.56. The number of esters is 2. The summed E-state index contributed by atoms with van der Waals surface area (Å²) in [6, 6.07) is -1.53.